The zero-order chi connectivity index (χ0) is 16.1. The van der Waals surface area contributed by atoms with Gasteiger partial charge in [0.2, 0.25) is 0 Å². The molecule has 1 atom stereocenters. The zero-order valence-corrected chi connectivity index (χ0v) is 12.9. The number of aromatic nitrogens is 3. The van der Waals surface area contributed by atoms with Gasteiger partial charge in [-0.05, 0) is 24.8 Å². The second-order valence-electron chi connectivity index (χ2n) is 6.66. The first-order valence-electron chi connectivity index (χ1n) is 7.31. The Morgan fingerprint density at radius 2 is 2.05 bits per heavy atom. The number of nitrogens with zero attached hydrogens (tertiary/aromatic N) is 4. The summed E-state index contributed by atoms with van der Waals surface area (Å²) in [5, 5.41) is 4.33. The molecule has 3 rings (SSSR count). The van der Waals surface area contributed by atoms with Crippen molar-refractivity contribution in [2.24, 2.45) is 11.3 Å². The van der Waals surface area contributed by atoms with Gasteiger partial charge in [0.1, 0.15) is 5.52 Å². The molecule has 7 heteroatoms. The van der Waals surface area contributed by atoms with E-state index in [-0.39, 0.29) is 6.42 Å². The second-order valence-corrected chi connectivity index (χ2v) is 6.66. The lowest BCUT2D eigenvalue weighted by Gasteiger charge is -2.45. The molecule has 2 aromatic heterocycles. The number of rotatable bonds is 1. The van der Waals surface area contributed by atoms with Crippen LogP contribution in [0.5, 0.6) is 0 Å². The third-order valence-corrected chi connectivity index (χ3v) is 4.42. The number of anilines is 1. The van der Waals surface area contributed by atoms with E-state index < -0.39 is 17.5 Å². The fraction of sp³-hybridized carbons (Fsp3) is 0.600. The van der Waals surface area contributed by atoms with Crippen LogP contribution in [0.3, 0.4) is 0 Å². The van der Waals surface area contributed by atoms with Crippen molar-refractivity contribution < 1.29 is 13.2 Å². The van der Waals surface area contributed by atoms with Crippen LogP contribution in [0.25, 0.3) is 5.52 Å². The smallest absolute Gasteiger partial charge is 0.354 e. The van der Waals surface area contributed by atoms with Crippen LogP contribution in [-0.4, -0.2) is 33.9 Å². The minimum Gasteiger partial charge on any atom is -0.354 e. The summed E-state index contributed by atoms with van der Waals surface area (Å²) in [4.78, 5) is 6.32. The summed E-state index contributed by atoms with van der Waals surface area (Å²) in [5.41, 5.74) is 0.847. The molecule has 120 valence electrons. The van der Waals surface area contributed by atoms with Crippen molar-refractivity contribution in [1.29, 1.82) is 0 Å². The molecule has 0 bridgehead atoms. The molecule has 0 aromatic carbocycles. The highest BCUT2D eigenvalue weighted by Crippen LogP contribution is 2.45. The van der Waals surface area contributed by atoms with E-state index >= 15 is 0 Å². The van der Waals surface area contributed by atoms with Crippen LogP contribution >= 0.6 is 0 Å². The van der Waals surface area contributed by atoms with Crippen molar-refractivity contribution in [2.75, 3.05) is 18.0 Å². The van der Waals surface area contributed by atoms with Gasteiger partial charge in [0, 0.05) is 25.5 Å². The van der Waals surface area contributed by atoms with Crippen molar-refractivity contribution in [1.82, 2.24) is 14.6 Å². The minimum absolute atomic E-state index is 0.0896. The highest BCUT2D eigenvalue weighted by atomic mass is 19.4. The molecule has 4 nitrogen and oxygen atoms in total. The van der Waals surface area contributed by atoms with Gasteiger partial charge in [0.15, 0.2) is 5.82 Å². The highest BCUT2D eigenvalue weighted by Gasteiger charge is 2.51. The standard InChI is InChI=1S/C15H19F3N4/c1-10-8-11-13(19-5-7-22(11)20-10)21-6-4-12(15(16,17)18)14(2,3)9-21/h5,7-8,12H,4,6,9H2,1-3H3. The van der Waals surface area contributed by atoms with E-state index in [9.17, 15) is 13.2 Å². The van der Waals surface area contributed by atoms with Crippen molar-refractivity contribution in [2.45, 2.75) is 33.4 Å². The molecule has 0 aliphatic carbocycles. The van der Waals surface area contributed by atoms with Crippen molar-refractivity contribution in [3.05, 3.63) is 24.2 Å². The van der Waals surface area contributed by atoms with Crippen LogP contribution in [0.15, 0.2) is 18.5 Å². The van der Waals surface area contributed by atoms with Gasteiger partial charge in [-0.3, -0.25) is 0 Å². The Morgan fingerprint density at radius 1 is 1.32 bits per heavy atom. The number of halogens is 3. The Bertz CT molecular complexity index is 690. The first kappa shape index (κ1) is 15.1. The quantitative estimate of drug-likeness (QED) is 0.808. The van der Waals surface area contributed by atoms with Gasteiger partial charge in [-0.1, -0.05) is 13.8 Å². The van der Waals surface area contributed by atoms with Crippen molar-refractivity contribution >= 4 is 11.3 Å². The molecular weight excluding hydrogens is 293 g/mol. The van der Waals surface area contributed by atoms with E-state index in [0.717, 1.165) is 11.2 Å². The van der Waals surface area contributed by atoms with Crippen LogP contribution in [0.2, 0.25) is 0 Å². The lowest BCUT2D eigenvalue weighted by molar-refractivity contribution is -0.206. The zero-order valence-electron chi connectivity index (χ0n) is 12.9. The Morgan fingerprint density at radius 3 is 2.68 bits per heavy atom. The van der Waals surface area contributed by atoms with E-state index in [1.807, 2.05) is 17.9 Å². The van der Waals surface area contributed by atoms with Crippen LogP contribution in [0, 0.1) is 18.3 Å². The molecule has 22 heavy (non-hydrogen) atoms. The molecule has 1 fully saturated rings. The third kappa shape index (κ3) is 2.53. The summed E-state index contributed by atoms with van der Waals surface area (Å²) in [5.74, 6) is -0.570. The first-order valence-corrected chi connectivity index (χ1v) is 7.31. The normalized spacial score (nSPS) is 22.3. The molecule has 1 aliphatic rings. The predicted molar refractivity (Wildman–Crippen MR) is 77.9 cm³/mol. The van der Waals surface area contributed by atoms with Crippen LogP contribution in [0.1, 0.15) is 26.0 Å². The molecule has 0 spiro atoms. The average Bonchev–Trinajstić information content (AvgIpc) is 2.75. The number of piperidine rings is 1. The topological polar surface area (TPSA) is 33.4 Å². The molecular formula is C15H19F3N4. The second kappa shape index (κ2) is 4.86. The fourth-order valence-electron chi connectivity index (χ4n) is 3.42. The maximum Gasteiger partial charge on any atom is 0.392 e. The number of fused-ring (bicyclic) bond motifs is 1. The highest BCUT2D eigenvalue weighted by molar-refractivity contribution is 5.69. The minimum atomic E-state index is -4.15. The molecule has 1 saturated heterocycles. The van der Waals surface area contributed by atoms with Gasteiger partial charge in [0.25, 0.3) is 0 Å². The number of hydrogen-bond acceptors (Lipinski definition) is 3. The third-order valence-electron chi connectivity index (χ3n) is 4.42. The Balaban J connectivity index is 1.94. The molecule has 1 unspecified atom stereocenters. The van der Waals surface area contributed by atoms with Crippen LogP contribution < -0.4 is 4.90 Å². The maximum atomic E-state index is 13.2. The average molecular weight is 312 g/mol. The predicted octanol–water partition coefficient (Wildman–Crippen LogP) is 3.45. The molecule has 2 aromatic rings. The molecule has 0 amide bonds. The number of aryl methyl sites for hydroxylation is 1. The van der Waals surface area contributed by atoms with E-state index in [0.29, 0.717) is 18.9 Å². The number of alkyl halides is 3. The molecule has 0 radical (unpaired) electrons. The molecule has 0 saturated carbocycles. The lowest BCUT2D eigenvalue weighted by atomic mass is 9.73. The molecule has 1 aliphatic heterocycles. The van der Waals surface area contributed by atoms with E-state index in [4.69, 9.17) is 0 Å². The van der Waals surface area contributed by atoms with Gasteiger partial charge in [-0.15, -0.1) is 0 Å². The summed E-state index contributed by atoms with van der Waals surface area (Å²) in [6.07, 6.45) is -0.675. The van der Waals surface area contributed by atoms with Gasteiger partial charge < -0.3 is 4.90 Å². The van der Waals surface area contributed by atoms with E-state index in [2.05, 4.69) is 10.1 Å². The summed E-state index contributed by atoms with van der Waals surface area (Å²) < 4.78 is 41.2. The molecule has 3 heterocycles. The Kier molecular flexibility index (Phi) is 3.34. The van der Waals surface area contributed by atoms with Crippen molar-refractivity contribution in [3.8, 4) is 0 Å². The largest absolute Gasteiger partial charge is 0.392 e. The Labute approximate surface area is 126 Å². The van der Waals surface area contributed by atoms with Crippen LogP contribution in [0.4, 0.5) is 19.0 Å². The summed E-state index contributed by atoms with van der Waals surface area (Å²) in [7, 11) is 0. The monoisotopic (exact) mass is 312 g/mol. The van der Waals surface area contributed by atoms with E-state index in [1.54, 1.807) is 30.8 Å². The SMILES string of the molecule is Cc1cc2c(N3CCC(C(F)(F)F)C(C)(C)C3)nccn2n1. The fourth-order valence-corrected chi connectivity index (χ4v) is 3.42. The first-order chi connectivity index (χ1) is 10.2. The van der Waals surface area contributed by atoms with Crippen molar-refractivity contribution in [3.63, 3.8) is 0 Å². The van der Waals surface area contributed by atoms with Gasteiger partial charge in [-0.25, -0.2) is 9.50 Å². The van der Waals surface area contributed by atoms with E-state index in [1.165, 1.54) is 0 Å². The Hall–Kier alpha value is -1.79. The summed E-state index contributed by atoms with van der Waals surface area (Å²) in [6, 6.07) is 1.91. The maximum absolute atomic E-state index is 13.2. The summed E-state index contributed by atoms with van der Waals surface area (Å²) >= 11 is 0. The summed E-state index contributed by atoms with van der Waals surface area (Å²) in [6.45, 7) is 5.92. The van der Waals surface area contributed by atoms with Crippen LogP contribution in [-0.2, 0) is 0 Å². The lowest BCUT2D eigenvalue weighted by Crippen LogP contribution is -2.51. The molecule has 0 N–H and O–H groups in total. The van der Waals surface area contributed by atoms with Gasteiger partial charge >= 0.3 is 6.18 Å². The number of hydrogen-bond donors (Lipinski definition) is 0. The van der Waals surface area contributed by atoms with Gasteiger partial charge in [-0.2, -0.15) is 18.3 Å². The van der Waals surface area contributed by atoms with Gasteiger partial charge in [0.05, 0.1) is 11.6 Å².